The molecular formula is C2H6I3N2-. The van der Waals surface area contributed by atoms with E-state index in [1.165, 1.54) is 0 Å². The third-order valence-electron chi connectivity index (χ3n) is 0.208. The van der Waals surface area contributed by atoms with Crippen molar-refractivity contribution in [1.82, 2.24) is 2.65 Å². The van der Waals surface area contributed by atoms with Gasteiger partial charge in [0.2, 0.25) is 0 Å². The Kier molecular flexibility index (Phi) is 6.43. The summed E-state index contributed by atoms with van der Waals surface area (Å²) in [6, 6.07) is 0. The summed E-state index contributed by atoms with van der Waals surface area (Å²) in [6.07, 6.45) is 0. The van der Waals surface area contributed by atoms with Crippen molar-refractivity contribution in [2.45, 2.75) is 0 Å². The van der Waals surface area contributed by atoms with E-state index < -0.39 is 0 Å². The molecule has 0 fully saturated rings. The van der Waals surface area contributed by atoms with Crippen molar-refractivity contribution in [2.24, 2.45) is 0 Å². The summed E-state index contributed by atoms with van der Waals surface area (Å²) in [7, 11) is 4.19. The van der Waals surface area contributed by atoms with Crippen LogP contribution in [0.2, 0.25) is 0 Å². The van der Waals surface area contributed by atoms with Crippen LogP contribution in [0, 0.1) is 0 Å². The first-order valence-corrected chi connectivity index (χ1v) is 5.43. The molecule has 46 valence electrons. The van der Waals surface area contributed by atoms with Gasteiger partial charge in [0.05, 0.1) is 0 Å². The number of hydrogen-bond donors (Lipinski definition) is 0. The van der Waals surface area contributed by atoms with Gasteiger partial charge >= 0.3 is 84.2 Å². The van der Waals surface area contributed by atoms with Crippen LogP contribution in [0.3, 0.4) is 0 Å². The fourth-order valence-corrected chi connectivity index (χ4v) is 5.14. The third-order valence-corrected chi connectivity index (χ3v) is 3.59. The average molecular weight is 439 g/mol. The molecule has 0 rings (SSSR count). The Morgan fingerprint density at radius 3 is 1.71 bits per heavy atom. The topological polar surface area (TPSA) is 6.48 Å². The maximum atomic E-state index is 2.28. The van der Waals surface area contributed by atoms with Gasteiger partial charge in [0.25, 0.3) is 0 Å². The standard InChI is InChI=1S/C2H6I3N2/c1-6(2)5-7(3)4/h1-2H3/q-1. The predicted octanol–water partition coefficient (Wildman–Crippen LogP) is -1.53. The van der Waals surface area contributed by atoms with Crippen molar-refractivity contribution in [3.8, 4) is 0 Å². The fraction of sp³-hybridized carbons (Fsp3) is 1.00. The molecule has 0 aromatic heterocycles. The van der Waals surface area contributed by atoms with Gasteiger partial charge in [-0.3, -0.25) is 0 Å². The molecule has 7 heavy (non-hydrogen) atoms. The van der Waals surface area contributed by atoms with Crippen LogP contribution in [0.25, 0.3) is 0 Å². The van der Waals surface area contributed by atoms with E-state index in [4.69, 9.17) is 0 Å². The van der Waals surface area contributed by atoms with E-state index in [0.29, 0.717) is 0 Å². The molecule has 0 amide bonds. The molecule has 0 N–H and O–H groups in total. The summed E-state index contributed by atoms with van der Waals surface area (Å²) in [6.45, 7) is 0. The molecule has 0 atom stereocenters. The van der Waals surface area contributed by atoms with Gasteiger partial charge < -0.3 is 0 Å². The Morgan fingerprint density at radius 2 is 1.71 bits per heavy atom. The van der Waals surface area contributed by atoms with Gasteiger partial charge in [-0.05, 0) is 0 Å². The second-order valence-electron chi connectivity index (χ2n) is 1.05. The molecule has 0 aromatic rings. The third kappa shape index (κ3) is 8.11. The van der Waals surface area contributed by atoms with Crippen LogP contribution in [-0.4, -0.2) is 16.7 Å². The molecule has 0 radical (unpaired) electrons. The first-order valence-electron chi connectivity index (χ1n) is 1.57. The van der Waals surface area contributed by atoms with Crippen molar-refractivity contribution in [1.29, 1.82) is 0 Å². The number of hydrogen-bond acceptors (Lipinski definition) is 2. The number of nitrogens with zero attached hydrogens (tertiary/aromatic N) is 2. The SMILES string of the molecule is CN(C)[I-]N(I)I. The zero-order valence-corrected chi connectivity index (χ0v) is 10.5. The van der Waals surface area contributed by atoms with Crippen LogP contribution < -0.4 is 21.8 Å². The Morgan fingerprint density at radius 1 is 1.29 bits per heavy atom. The van der Waals surface area contributed by atoms with Crippen LogP contribution in [-0.2, 0) is 0 Å². The molecule has 0 bridgehead atoms. The van der Waals surface area contributed by atoms with E-state index in [2.05, 4.69) is 62.5 Å². The van der Waals surface area contributed by atoms with Gasteiger partial charge in [0, 0.05) is 0 Å². The van der Waals surface area contributed by atoms with Gasteiger partial charge in [-0.15, -0.1) is 0 Å². The molecule has 5 heteroatoms. The van der Waals surface area contributed by atoms with Crippen molar-refractivity contribution in [2.75, 3.05) is 14.1 Å². The monoisotopic (exact) mass is 439 g/mol. The minimum absolute atomic E-state index is 0.146. The Labute approximate surface area is 83.0 Å². The molecule has 0 aliphatic heterocycles. The Hall–Kier alpha value is 2.11. The summed E-state index contributed by atoms with van der Waals surface area (Å²) in [4.78, 5) is 0. The van der Waals surface area contributed by atoms with Crippen molar-refractivity contribution >= 4 is 45.7 Å². The summed E-state index contributed by atoms with van der Waals surface area (Å²) >= 11 is 4.72. The molecule has 0 aliphatic rings. The molecule has 0 spiro atoms. The van der Waals surface area contributed by atoms with Gasteiger partial charge in [-0.25, -0.2) is 0 Å². The Balaban J connectivity index is 2.95. The number of halogens is 3. The van der Waals surface area contributed by atoms with E-state index in [9.17, 15) is 0 Å². The second kappa shape index (κ2) is 4.94. The fourth-order valence-electron chi connectivity index (χ4n) is 0.114. The second-order valence-corrected chi connectivity index (χ2v) is 11.8. The Bertz CT molecular complexity index is 40.2. The van der Waals surface area contributed by atoms with Crippen LogP contribution in [0.15, 0.2) is 0 Å². The molecule has 0 saturated carbocycles. The quantitative estimate of drug-likeness (QED) is 0.381. The average Bonchev–Trinajstić information content (AvgIpc) is 1.27. The maximum absolute atomic E-state index is 2.28. The van der Waals surface area contributed by atoms with Gasteiger partial charge in [0.15, 0.2) is 0 Å². The number of rotatable bonds is 2. The molecule has 0 aliphatic carbocycles. The van der Waals surface area contributed by atoms with Crippen LogP contribution >= 0.6 is 45.7 Å². The normalized spacial score (nSPS) is 11.7. The molecular weight excluding hydrogens is 433 g/mol. The molecule has 0 unspecified atom stereocenters. The summed E-state index contributed by atoms with van der Waals surface area (Å²) in [5.74, 6) is 0. The summed E-state index contributed by atoms with van der Waals surface area (Å²) in [5.41, 5.74) is 0. The predicted molar refractivity (Wildman–Crippen MR) is 43.6 cm³/mol. The minimum atomic E-state index is 0.146. The van der Waals surface area contributed by atoms with Crippen LogP contribution in [0.5, 0.6) is 0 Å². The van der Waals surface area contributed by atoms with Crippen LogP contribution in [0.4, 0.5) is 0 Å². The molecule has 0 saturated heterocycles. The zero-order valence-electron chi connectivity index (χ0n) is 4.03. The van der Waals surface area contributed by atoms with Gasteiger partial charge in [-0.2, -0.15) is 0 Å². The van der Waals surface area contributed by atoms with Gasteiger partial charge in [-0.1, -0.05) is 0 Å². The van der Waals surface area contributed by atoms with Crippen LogP contribution in [0.1, 0.15) is 0 Å². The van der Waals surface area contributed by atoms with Gasteiger partial charge in [0.1, 0.15) is 0 Å². The first-order chi connectivity index (χ1) is 3.13. The van der Waals surface area contributed by atoms with E-state index in [1.54, 1.807) is 0 Å². The van der Waals surface area contributed by atoms with Crippen molar-refractivity contribution in [3.63, 3.8) is 0 Å². The van der Waals surface area contributed by atoms with E-state index in [0.717, 1.165) is 0 Å². The first kappa shape index (κ1) is 9.11. The molecule has 0 heterocycles. The van der Waals surface area contributed by atoms with Crippen molar-refractivity contribution < 1.29 is 21.8 Å². The van der Waals surface area contributed by atoms with E-state index >= 15 is 0 Å². The van der Waals surface area contributed by atoms with E-state index in [1.807, 2.05) is 0 Å². The molecule has 0 aromatic carbocycles. The summed E-state index contributed by atoms with van der Waals surface area (Å²) in [5, 5.41) is 0. The summed E-state index contributed by atoms with van der Waals surface area (Å²) < 4.78 is 4.39. The molecule has 2 nitrogen and oxygen atoms in total. The van der Waals surface area contributed by atoms with Crippen molar-refractivity contribution in [3.05, 3.63) is 0 Å². The van der Waals surface area contributed by atoms with E-state index in [-0.39, 0.29) is 21.8 Å². The zero-order chi connectivity index (χ0) is 5.86.